The zero-order valence-electron chi connectivity index (χ0n) is 25.0. The lowest BCUT2D eigenvalue weighted by atomic mass is 9.92. The van der Waals surface area contributed by atoms with Crippen molar-refractivity contribution < 1.29 is 19.4 Å². The Kier molecular flexibility index (Phi) is 9.27. The van der Waals surface area contributed by atoms with Crippen LogP contribution in [0, 0.1) is 11.3 Å². The second-order valence-corrected chi connectivity index (χ2v) is 11.1. The van der Waals surface area contributed by atoms with Crippen molar-refractivity contribution in [2.24, 2.45) is 0 Å². The molecule has 1 aliphatic carbocycles. The van der Waals surface area contributed by atoms with Crippen molar-refractivity contribution in [1.29, 1.82) is 5.26 Å². The number of methoxy groups -OCH3 is 1. The summed E-state index contributed by atoms with van der Waals surface area (Å²) in [5.74, 6) is -0.281. The fourth-order valence-electron chi connectivity index (χ4n) is 6.29. The van der Waals surface area contributed by atoms with E-state index in [0.29, 0.717) is 61.8 Å². The first-order valence-corrected chi connectivity index (χ1v) is 15.0. The molecule has 2 aromatic heterocycles. The molecule has 1 unspecified atom stereocenters. The lowest BCUT2D eigenvalue weighted by Crippen LogP contribution is -2.36. The molecule has 0 aliphatic heterocycles. The Labute approximate surface area is 251 Å². The highest BCUT2D eigenvalue weighted by Crippen LogP contribution is 2.34. The first kappa shape index (κ1) is 30.1. The lowest BCUT2D eigenvalue weighted by Gasteiger charge is -2.32. The van der Waals surface area contributed by atoms with Crippen molar-refractivity contribution in [3.05, 3.63) is 87.5 Å². The van der Waals surface area contributed by atoms with Gasteiger partial charge in [-0.3, -0.25) is 9.36 Å². The molecule has 1 atom stereocenters. The number of aryl methyl sites for hydroxylation is 1. The van der Waals surface area contributed by atoms with Crippen LogP contribution >= 0.6 is 0 Å². The molecule has 1 saturated carbocycles. The standard InChI is InChI=1S/C34H38N4O5/c1-4-8-29-28(19-23-12-11-22(20-31(23)42-3)27-10-7-6-9-24(27)21-35)33(39)37(32-17-18-36-38(29)32)25-13-15-26(16-14-25)43-30(5-2)34(40)41/h6-7,9-12,17-18,20,25-26,30H,4-5,8,13-16,19H2,1-3H3,(H,40,41)/t25-,26-,30?. The van der Waals surface area contributed by atoms with Crippen LogP contribution in [0.25, 0.3) is 16.8 Å². The van der Waals surface area contributed by atoms with Gasteiger partial charge in [-0.25, -0.2) is 9.31 Å². The zero-order chi connectivity index (χ0) is 30.5. The van der Waals surface area contributed by atoms with Gasteiger partial charge in [0.05, 0.1) is 36.7 Å². The van der Waals surface area contributed by atoms with Crippen molar-refractivity contribution in [3.63, 3.8) is 0 Å². The largest absolute Gasteiger partial charge is 0.496 e. The van der Waals surface area contributed by atoms with Gasteiger partial charge in [0.25, 0.3) is 5.56 Å². The number of hydrogen-bond acceptors (Lipinski definition) is 6. The lowest BCUT2D eigenvalue weighted by molar-refractivity contribution is -0.156. The van der Waals surface area contributed by atoms with E-state index in [2.05, 4.69) is 18.1 Å². The number of carbonyl (C=O) groups is 1. The van der Waals surface area contributed by atoms with Crippen LogP contribution in [0.3, 0.4) is 0 Å². The van der Waals surface area contributed by atoms with Crippen LogP contribution in [0.4, 0.5) is 0 Å². The van der Waals surface area contributed by atoms with E-state index in [1.54, 1.807) is 19.4 Å². The van der Waals surface area contributed by atoms with Crippen molar-refractivity contribution >= 4 is 11.6 Å². The summed E-state index contributed by atoms with van der Waals surface area (Å²) in [5.41, 5.74) is 5.50. The number of benzene rings is 2. The van der Waals surface area contributed by atoms with E-state index in [4.69, 9.17) is 9.47 Å². The quantitative estimate of drug-likeness (QED) is 0.232. The topological polar surface area (TPSA) is 119 Å². The Hall–Kier alpha value is -4.42. The monoisotopic (exact) mass is 582 g/mol. The van der Waals surface area contributed by atoms with Crippen LogP contribution in [0.15, 0.2) is 59.5 Å². The second kappa shape index (κ2) is 13.3. The number of hydrogen-bond donors (Lipinski definition) is 1. The maximum Gasteiger partial charge on any atom is 0.332 e. The number of ether oxygens (including phenoxy) is 2. The van der Waals surface area contributed by atoms with E-state index in [-0.39, 0.29) is 17.7 Å². The molecule has 0 radical (unpaired) electrons. The molecule has 9 nitrogen and oxygen atoms in total. The normalized spacial score (nSPS) is 17.4. The van der Waals surface area contributed by atoms with Gasteiger partial charge in [0, 0.05) is 24.1 Å². The van der Waals surface area contributed by atoms with E-state index in [0.717, 1.165) is 34.5 Å². The number of nitrogens with zero attached hydrogens (tertiary/aromatic N) is 4. The molecule has 2 aromatic carbocycles. The third-order valence-electron chi connectivity index (χ3n) is 8.46. The number of aliphatic carboxylic acids is 1. The van der Waals surface area contributed by atoms with Crippen molar-refractivity contribution in [2.45, 2.75) is 83.5 Å². The van der Waals surface area contributed by atoms with Crippen molar-refractivity contribution in [2.75, 3.05) is 7.11 Å². The second-order valence-electron chi connectivity index (χ2n) is 11.1. The number of carboxylic acid groups (broad SMARTS) is 1. The molecule has 0 saturated heterocycles. The van der Waals surface area contributed by atoms with Crippen LogP contribution in [0.1, 0.15) is 80.8 Å². The molecule has 1 N–H and O–H groups in total. The fourth-order valence-corrected chi connectivity index (χ4v) is 6.29. The minimum Gasteiger partial charge on any atom is -0.496 e. The maximum absolute atomic E-state index is 14.4. The number of nitriles is 1. The number of fused-ring (bicyclic) bond motifs is 1. The average Bonchev–Trinajstić information content (AvgIpc) is 3.51. The first-order chi connectivity index (χ1) is 20.9. The summed E-state index contributed by atoms with van der Waals surface area (Å²) in [6.07, 6.45) is 5.95. The number of carboxylic acids is 1. The highest BCUT2D eigenvalue weighted by Gasteiger charge is 2.30. The Bertz CT molecular complexity index is 1710. The summed E-state index contributed by atoms with van der Waals surface area (Å²) in [7, 11) is 1.62. The minimum absolute atomic E-state index is 0.0289. The Morgan fingerprint density at radius 2 is 1.91 bits per heavy atom. The van der Waals surface area contributed by atoms with Crippen LogP contribution in [-0.2, 0) is 22.4 Å². The third-order valence-corrected chi connectivity index (χ3v) is 8.46. The van der Waals surface area contributed by atoms with Gasteiger partial charge in [-0.15, -0.1) is 0 Å². The van der Waals surface area contributed by atoms with E-state index < -0.39 is 12.1 Å². The van der Waals surface area contributed by atoms with Gasteiger partial charge in [0.15, 0.2) is 6.10 Å². The van der Waals surface area contributed by atoms with Gasteiger partial charge in [-0.1, -0.05) is 50.6 Å². The molecule has 0 bridgehead atoms. The number of rotatable bonds is 11. The molecule has 224 valence electrons. The average molecular weight is 583 g/mol. The van der Waals surface area contributed by atoms with E-state index in [1.807, 2.05) is 58.5 Å². The van der Waals surface area contributed by atoms with E-state index in [1.165, 1.54) is 0 Å². The predicted octanol–water partition coefficient (Wildman–Crippen LogP) is 5.95. The molecule has 43 heavy (non-hydrogen) atoms. The third kappa shape index (κ3) is 6.06. The highest BCUT2D eigenvalue weighted by atomic mass is 16.5. The van der Waals surface area contributed by atoms with Crippen LogP contribution in [0.5, 0.6) is 5.75 Å². The molecule has 5 rings (SSSR count). The summed E-state index contributed by atoms with van der Waals surface area (Å²) >= 11 is 0. The van der Waals surface area contributed by atoms with Crippen molar-refractivity contribution in [1.82, 2.24) is 14.2 Å². The summed E-state index contributed by atoms with van der Waals surface area (Å²) < 4.78 is 15.5. The first-order valence-electron chi connectivity index (χ1n) is 15.0. The Morgan fingerprint density at radius 3 is 2.58 bits per heavy atom. The smallest absolute Gasteiger partial charge is 0.332 e. The molecular formula is C34H38N4O5. The van der Waals surface area contributed by atoms with Gasteiger partial charge < -0.3 is 14.6 Å². The molecule has 0 spiro atoms. The summed E-state index contributed by atoms with van der Waals surface area (Å²) in [5, 5.41) is 23.7. The minimum atomic E-state index is -0.935. The zero-order valence-corrected chi connectivity index (χ0v) is 25.0. The predicted molar refractivity (Wildman–Crippen MR) is 163 cm³/mol. The SMILES string of the molecule is CCCc1c(Cc2ccc(-c3ccccc3C#N)cc2OC)c(=O)n([C@H]2CC[C@H](OC(CC)C(=O)O)CC2)c2ccnn12. The maximum atomic E-state index is 14.4. The van der Waals surface area contributed by atoms with Gasteiger partial charge in [-0.05, 0) is 67.3 Å². The molecule has 1 fully saturated rings. The van der Waals surface area contributed by atoms with Gasteiger partial charge in [0.1, 0.15) is 11.4 Å². The van der Waals surface area contributed by atoms with Crippen LogP contribution in [0.2, 0.25) is 0 Å². The summed E-state index contributed by atoms with van der Waals surface area (Å²) in [4.78, 5) is 25.9. The summed E-state index contributed by atoms with van der Waals surface area (Å²) in [6.45, 7) is 3.90. The van der Waals surface area contributed by atoms with Crippen LogP contribution in [-0.4, -0.2) is 44.6 Å². The Balaban J connectivity index is 1.51. The van der Waals surface area contributed by atoms with Gasteiger partial charge in [0.2, 0.25) is 0 Å². The molecule has 9 heteroatoms. The van der Waals surface area contributed by atoms with E-state index in [9.17, 15) is 20.0 Å². The highest BCUT2D eigenvalue weighted by molar-refractivity contribution is 5.72. The molecule has 1 aliphatic rings. The van der Waals surface area contributed by atoms with Gasteiger partial charge in [-0.2, -0.15) is 10.4 Å². The molecule has 2 heterocycles. The molecular weight excluding hydrogens is 544 g/mol. The van der Waals surface area contributed by atoms with Crippen molar-refractivity contribution in [3.8, 4) is 22.9 Å². The molecule has 4 aromatic rings. The van der Waals surface area contributed by atoms with E-state index >= 15 is 0 Å². The molecule has 0 amide bonds. The number of aromatic nitrogens is 3. The Morgan fingerprint density at radius 1 is 1.14 bits per heavy atom. The van der Waals surface area contributed by atoms with Gasteiger partial charge >= 0.3 is 5.97 Å². The summed E-state index contributed by atoms with van der Waals surface area (Å²) in [6, 6.07) is 17.4. The fraction of sp³-hybridized carbons (Fsp3) is 0.412. The van der Waals surface area contributed by atoms with Crippen LogP contribution < -0.4 is 10.3 Å².